The van der Waals surface area contributed by atoms with Crippen molar-refractivity contribution in [2.24, 2.45) is 5.73 Å². The molecule has 0 bridgehead atoms. The van der Waals surface area contributed by atoms with E-state index in [0.29, 0.717) is 0 Å². The van der Waals surface area contributed by atoms with Crippen LogP contribution in [0, 0.1) is 15.5 Å². The van der Waals surface area contributed by atoms with Crippen LogP contribution in [0.5, 0.6) is 0 Å². The van der Waals surface area contributed by atoms with Gasteiger partial charge in [0, 0.05) is 23.4 Å². The van der Waals surface area contributed by atoms with E-state index in [1.807, 2.05) is 0 Å². The Morgan fingerprint density at radius 2 is 2.15 bits per heavy atom. The monoisotopic (exact) mass is 180 g/mol. The molecule has 1 aromatic rings. The highest BCUT2D eigenvalue weighted by molar-refractivity contribution is 6.00. The first-order valence-corrected chi connectivity index (χ1v) is 3.40. The lowest BCUT2D eigenvalue weighted by molar-refractivity contribution is -0.384. The third-order valence-corrected chi connectivity index (χ3v) is 1.54. The van der Waals surface area contributed by atoms with Gasteiger partial charge in [-0.1, -0.05) is 0 Å². The third-order valence-electron chi connectivity index (χ3n) is 1.54. The molecule has 13 heavy (non-hydrogen) atoms. The molecular formula is C7H8N4O2. The van der Waals surface area contributed by atoms with Crippen molar-refractivity contribution in [1.82, 2.24) is 0 Å². The van der Waals surface area contributed by atoms with Gasteiger partial charge >= 0.3 is 0 Å². The second-order valence-electron chi connectivity index (χ2n) is 2.44. The van der Waals surface area contributed by atoms with Crippen molar-refractivity contribution in [3.05, 3.63) is 33.9 Å². The fourth-order valence-corrected chi connectivity index (χ4v) is 0.891. The number of nitrogen functional groups attached to an aromatic ring is 2. The van der Waals surface area contributed by atoms with Gasteiger partial charge < -0.3 is 11.5 Å². The summed E-state index contributed by atoms with van der Waals surface area (Å²) in [6, 6.07) is 3.80. The largest absolute Gasteiger partial charge is 0.398 e. The number of nitrogens with two attached hydrogens (primary N) is 2. The summed E-state index contributed by atoms with van der Waals surface area (Å²) in [6.07, 6.45) is 0. The fourth-order valence-electron chi connectivity index (χ4n) is 0.891. The molecule has 0 aliphatic carbocycles. The van der Waals surface area contributed by atoms with Crippen LogP contribution in [0.4, 0.5) is 11.4 Å². The first-order valence-electron chi connectivity index (χ1n) is 3.40. The summed E-state index contributed by atoms with van der Waals surface area (Å²) in [6.45, 7) is 0. The molecule has 1 aromatic carbocycles. The minimum Gasteiger partial charge on any atom is -0.398 e. The summed E-state index contributed by atoms with van der Waals surface area (Å²) in [5.74, 6) is -0.277. The Morgan fingerprint density at radius 1 is 1.54 bits per heavy atom. The van der Waals surface area contributed by atoms with Crippen LogP contribution in [0.25, 0.3) is 0 Å². The smallest absolute Gasteiger partial charge is 0.270 e. The van der Waals surface area contributed by atoms with Crippen LogP contribution in [0.1, 0.15) is 5.56 Å². The Hall–Kier alpha value is -2.11. The minimum atomic E-state index is -0.564. The van der Waals surface area contributed by atoms with Crippen molar-refractivity contribution >= 4 is 17.2 Å². The summed E-state index contributed by atoms with van der Waals surface area (Å²) < 4.78 is 0. The summed E-state index contributed by atoms with van der Waals surface area (Å²) >= 11 is 0. The molecule has 0 atom stereocenters. The number of hydrogen-bond acceptors (Lipinski definition) is 4. The Bertz CT molecular complexity index is 375. The van der Waals surface area contributed by atoms with E-state index in [9.17, 15) is 10.1 Å². The first kappa shape index (κ1) is 8.98. The van der Waals surface area contributed by atoms with Gasteiger partial charge in [0.2, 0.25) is 0 Å². The number of benzene rings is 1. The van der Waals surface area contributed by atoms with Crippen LogP contribution in [-0.2, 0) is 0 Å². The molecule has 0 heterocycles. The molecule has 6 heteroatoms. The quantitative estimate of drug-likeness (QED) is 0.201. The normalized spacial score (nSPS) is 9.54. The predicted octanol–water partition coefficient (Wildman–Crippen LogP) is 0.461. The summed E-state index contributed by atoms with van der Waals surface area (Å²) in [5, 5.41) is 17.4. The number of nitrogens with zero attached hydrogens (tertiary/aromatic N) is 1. The van der Waals surface area contributed by atoms with Gasteiger partial charge in [-0.25, -0.2) is 0 Å². The zero-order valence-corrected chi connectivity index (χ0v) is 6.65. The van der Waals surface area contributed by atoms with E-state index in [4.69, 9.17) is 16.9 Å². The summed E-state index contributed by atoms with van der Waals surface area (Å²) in [7, 11) is 0. The Kier molecular flexibility index (Phi) is 2.14. The number of nitro benzene ring substituents is 1. The zero-order valence-electron chi connectivity index (χ0n) is 6.65. The first-order chi connectivity index (χ1) is 6.02. The number of nitrogens with one attached hydrogen (secondary N) is 1. The van der Waals surface area contributed by atoms with E-state index in [1.165, 1.54) is 18.2 Å². The van der Waals surface area contributed by atoms with Gasteiger partial charge in [-0.15, -0.1) is 0 Å². The van der Waals surface area contributed by atoms with Crippen LogP contribution in [-0.4, -0.2) is 10.8 Å². The van der Waals surface area contributed by atoms with Gasteiger partial charge in [0.05, 0.1) is 4.92 Å². The van der Waals surface area contributed by atoms with E-state index in [0.717, 1.165) is 0 Å². The van der Waals surface area contributed by atoms with Crippen molar-refractivity contribution in [3.8, 4) is 0 Å². The van der Waals surface area contributed by atoms with Crippen LogP contribution < -0.4 is 11.5 Å². The van der Waals surface area contributed by atoms with Crippen molar-refractivity contribution in [2.75, 3.05) is 5.73 Å². The van der Waals surface area contributed by atoms with Crippen LogP contribution in [0.15, 0.2) is 18.2 Å². The molecule has 0 radical (unpaired) electrons. The fraction of sp³-hybridized carbons (Fsp3) is 0. The lowest BCUT2D eigenvalue weighted by Crippen LogP contribution is -2.13. The topological polar surface area (TPSA) is 119 Å². The predicted molar refractivity (Wildman–Crippen MR) is 48.5 cm³/mol. The lowest BCUT2D eigenvalue weighted by atomic mass is 10.1. The number of amidine groups is 1. The lowest BCUT2D eigenvalue weighted by Gasteiger charge is -2.01. The van der Waals surface area contributed by atoms with Crippen LogP contribution in [0.3, 0.4) is 0 Å². The third kappa shape index (κ3) is 1.73. The number of nitro groups is 1. The highest BCUT2D eigenvalue weighted by Crippen LogP contribution is 2.18. The molecule has 5 N–H and O–H groups in total. The van der Waals surface area contributed by atoms with Crippen LogP contribution >= 0.6 is 0 Å². The average Bonchev–Trinajstić information content (AvgIpc) is 2.04. The minimum absolute atomic E-state index is 0.126. The van der Waals surface area contributed by atoms with Gasteiger partial charge in [-0.2, -0.15) is 0 Å². The number of non-ortho nitro benzene ring substituents is 1. The molecule has 0 aromatic heterocycles. The zero-order chi connectivity index (χ0) is 10.0. The number of hydrogen-bond donors (Lipinski definition) is 3. The van der Waals surface area contributed by atoms with Gasteiger partial charge in [0.15, 0.2) is 0 Å². The standard InChI is InChI=1S/C7H8N4O2/c8-6-2-1-4(11(12)13)3-5(6)7(9)10/h1-3H,8H2,(H3,9,10). The van der Waals surface area contributed by atoms with E-state index >= 15 is 0 Å². The molecule has 0 unspecified atom stereocenters. The summed E-state index contributed by atoms with van der Waals surface area (Å²) in [5.41, 5.74) is 10.9. The average molecular weight is 180 g/mol. The highest BCUT2D eigenvalue weighted by atomic mass is 16.6. The SMILES string of the molecule is N=C(N)c1cc([N+](=O)[O-])ccc1N. The van der Waals surface area contributed by atoms with E-state index in [-0.39, 0.29) is 22.8 Å². The second kappa shape index (κ2) is 3.10. The molecular weight excluding hydrogens is 172 g/mol. The molecule has 0 fully saturated rings. The van der Waals surface area contributed by atoms with Gasteiger partial charge in [0.1, 0.15) is 5.84 Å². The molecule has 0 aliphatic heterocycles. The van der Waals surface area contributed by atoms with Gasteiger partial charge in [-0.3, -0.25) is 15.5 Å². The van der Waals surface area contributed by atoms with Crippen molar-refractivity contribution in [2.45, 2.75) is 0 Å². The maximum absolute atomic E-state index is 10.3. The maximum atomic E-state index is 10.3. The summed E-state index contributed by atoms with van der Waals surface area (Å²) in [4.78, 5) is 9.78. The molecule has 68 valence electrons. The Labute approximate surface area is 73.8 Å². The Morgan fingerprint density at radius 3 is 2.62 bits per heavy atom. The number of rotatable bonds is 2. The van der Waals surface area contributed by atoms with Gasteiger partial charge in [0.25, 0.3) is 5.69 Å². The highest BCUT2D eigenvalue weighted by Gasteiger charge is 2.10. The van der Waals surface area contributed by atoms with Crippen molar-refractivity contribution in [3.63, 3.8) is 0 Å². The maximum Gasteiger partial charge on any atom is 0.270 e. The van der Waals surface area contributed by atoms with Crippen LogP contribution in [0.2, 0.25) is 0 Å². The van der Waals surface area contributed by atoms with Crippen molar-refractivity contribution in [1.29, 1.82) is 5.41 Å². The van der Waals surface area contributed by atoms with Gasteiger partial charge in [-0.05, 0) is 6.07 Å². The van der Waals surface area contributed by atoms with Crippen molar-refractivity contribution < 1.29 is 4.92 Å². The molecule has 0 aliphatic rings. The number of anilines is 1. The molecule has 0 spiro atoms. The second-order valence-corrected chi connectivity index (χ2v) is 2.44. The Balaban J connectivity index is 3.27. The molecule has 0 saturated heterocycles. The molecule has 1 rings (SSSR count). The van der Waals surface area contributed by atoms with E-state index < -0.39 is 4.92 Å². The molecule has 0 amide bonds. The van der Waals surface area contributed by atoms with E-state index in [1.54, 1.807) is 0 Å². The van der Waals surface area contributed by atoms with E-state index in [2.05, 4.69) is 0 Å². The molecule has 0 saturated carbocycles. The molecule has 6 nitrogen and oxygen atoms in total.